The number of anilines is 1. The van der Waals surface area contributed by atoms with E-state index in [1.165, 1.54) is 36.7 Å². The van der Waals surface area contributed by atoms with Gasteiger partial charge in [-0.3, -0.25) is 19.8 Å². The molecule has 0 radical (unpaired) electrons. The molecule has 0 spiro atoms. The van der Waals surface area contributed by atoms with E-state index in [0.29, 0.717) is 28.6 Å². The van der Waals surface area contributed by atoms with Gasteiger partial charge in [-0.2, -0.15) is 0 Å². The van der Waals surface area contributed by atoms with Crippen LogP contribution in [0.2, 0.25) is 5.02 Å². The Bertz CT molecular complexity index is 1010. The summed E-state index contributed by atoms with van der Waals surface area (Å²) in [4.78, 5) is 27.1. The number of para-hydroxylation sites is 1. The van der Waals surface area contributed by atoms with Crippen LogP contribution in [0.4, 0.5) is 5.69 Å². The van der Waals surface area contributed by atoms with Crippen molar-refractivity contribution in [2.75, 3.05) is 11.5 Å². The molecule has 32 heavy (non-hydrogen) atoms. The van der Waals surface area contributed by atoms with Crippen molar-refractivity contribution in [2.45, 2.75) is 45.4 Å². The third-order valence-electron chi connectivity index (χ3n) is 5.14. The number of hydrogen-bond donors (Lipinski definition) is 1. The first-order valence-corrected chi connectivity index (χ1v) is 11.7. The number of halogens is 1. The van der Waals surface area contributed by atoms with Gasteiger partial charge in [-0.25, -0.2) is 0 Å². The fourth-order valence-electron chi connectivity index (χ4n) is 3.45. The van der Waals surface area contributed by atoms with Crippen LogP contribution in [-0.2, 0) is 9.59 Å². The van der Waals surface area contributed by atoms with E-state index >= 15 is 0 Å². The predicted molar refractivity (Wildman–Crippen MR) is 133 cm³/mol. The molecule has 2 aromatic carbocycles. The second-order valence-corrected chi connectivity index (χ2v) is 8.41. The first-order valence-electron chi connectivity index (χ1n) is 10.9. The SMILES string of the molecule is CCCCCCCCOc1ccc(Cl)cc1/C=C1/C(=O)NC(=S)N(c2ccccc2)C1=O. The number of nitrogens with zero attached hydrogens (tertiary/aromatic N) is 1. The van der Waals surface area contributed by atoms with Crippen molar-refractivity contribution in [1.29, 1.82) is 0 Å². The Labute approximate surface area is 199 Å². The molecule has 2 amide bonds. The van der Waals surface area contributed by atoms with Gasteiger partial charge in [-0.1, -0.05) is 68.8 Å². The number of ether oxygens (including phenoxy) is 1. The van der Waals surface area contributed by atoms with Gasteiger partial charge in [0.15, 0.2) is 5.11 Å². The Morgan fingerprint density at radius 3 is 2.50 bits per heavy atom. The molecular formula is C25H27ClN2O3S. The number of carbonyl (C=O) groups is 2. The molecule has 1 aliphatic heterocycles. The van der Waals surface area contributed by atoms with E-state index in [1.807, 2.05) is 6.07 Å². The number of carbonyl (C=O) groups excluding carboxylic acids is 2. The molecule has 3 rings (SSSR count). The molecule has 1 aliphatic rings. The zero-order valence-electron chi connectivity index (χ0n) is 18.1. The molecule has 1 heterocycles. The van der Waals surface area contributed by atoms with E-state index in [-0.39, 0.29) is 10.7 Å². The predicted octanol–water partition coefficient (Wildman–Crippen LogP) is 5.91. The maximum Gasteiger partial charge on any atom is 0.270 e. The minimum Gasteiger partial charge on any atom is -0.493 e. The van der Waals surface area contributed by atoms with Gasteiger partial charge in [0, 0.05) is 10.6 Å². The summed E-state index contributed by atoms with van der Waals surface area (Å²) in [5.74, 6) is -0.462. The van der Waals surface area contributed by atoms with Crippen molar-refractivity contribution in [3.63, 3.8) is 0 Å². The summed E-state index contributed by atoms with van der Waals surface area (Å²) in [7, 11) is 0. The number of nitrogens with one attached hydrogen (secondary N) is 1. The summed E-state index contributed by atoms with van der Waals surface area (Å²) in [6.07, 6.45) is 8.47. The highest BCUT2D eigenvalue weighted by Crippen LogP contribution is 2.28. The van der Waals surface area contributed by atoms with Crippen molar-refractivity contribution in [3.8, 4) is 5.75 Å². The lowest BCUT2D eigenvalue weighted by atomic mass is 10.1. The maximum absolute atomic E-state index is 13.2. The molecule has 0 atom stereocenters. The highest BCUT2D eigenvalue weighted by molar-refractivity contribution is 7.80. The van der Waals surface area contributed by atoms with Gasteiger partial charge >= 0.3 is 0 Å². The Morgan fingerprint density at radius 1 is 1.03 bits per heavy atom. The second-order valence-electron chi connectivity index (χ2n) is 7.59. The highest BCUT2D eigenvalue weighted by atomic mass is 35.5. The van der Waals surface area contributed by atoms with Gasteiger partial charge in [0.2, 0.25) is 0 Å². The summed E-state index contributed by atoms with van der Waals surface area (Å²) >= 11 is 11.4. The molecule has 0 aliphatic carbocycles. The molecule has 0 aromatic heterocycles. The van der Waals surface area contributed by atoms with E-state index in [9.17, 15) is 9.59 Å². The van der Waals surface area contributed by atoms with Crippen molar-refractivity contribution < 1.29 is 14.3 Å². The molecule has 2 aromatic rings. The van der Waals surface area contributed by atoms with Gasteiger partial charge in [-0.05, 0) is 55.0 Å². The summed E-state index contributed by atoms with van der Waals surface area (Å²) < 4.78 is 5.96. The average Bonchev–Trinajstić information content (AvgIpc) is 2.78. The molecule has 1 N–H and O–H groups in total. The molecule has 168 valence electrons. The Morgan fingerprint density at radius 2 is 1.75 bits per heavy atom. The van der Waals surface area contributed by atoms with Gasteiger partial charge in [0.05, 0.1) is 12.3 Å². The number of unbranched alkanes of at least 4 members (excludes halogenated alkanes) is 5. The number of amides is 2. The van der Waals surface area contributed by atoms with Crippen LogP contribution in [0.1, 0.15) is 51.0 Å². The lowest BCUT2D eigenvalue weighted by Gasteiger charge is -2.29. The molecule has 7 heteroatoms. The van der Waals surface area contributed by atoms with Crippen LogP contribution in [0, 0.1) is 0 Å². The summed E-state index contributed by atoms with van der Waals surface area (Å²) in [6, 6.07) is 14.1. The Balaban J connectivity index is 1.78. The lowest BCUT2D eigenvalue weighted by molar-refractivity contribution is -0.122. The highest BCUT2D eigenvalue weighted by Gasteiger charge is 2.34. The van der Waals surface area contributed by atoms with E-state index < -0.39 is 11.8 Å². The van der Waals surface area contributed by atoms with Gasteiger partial charge < -0.3 is 4.74 Å². The minimum absolute atomic E-state index is 0.0332. The van der Waals surface area contributed by atoms with E-state index in [4.69, 9.17) is 28.6 Å². The smallest absolute Gasteiger partial charge is 0.270 e. The fourth-order valence-corrected chi connectivity index (χ4v) is 3.91. The van der Waals surface area contributed by atoms with Crippen LogP contribution in [0.3, 0.4) is 0 Å². The first-order chi connectivity index (χ1) is 15.5. The van der Waals surface area contributed by atoms with Gasteiger partial charge in [-0.15, -0.1) is 0 Å². The lowest BCUT2D eigenvalue weighted by Crippen LogP contribution is -2.54. The summed E-state index contributed by atoms with van der Waals surface area (Å²) in [5.41, 5.74) is 1.12. The molecule has 5 nitrogen and oxygen atoms in total. The monoisotopic (exact) mass is 470 g/mol. The number of rotatable bonds is 10. The van der Waals surface area contributed by atoms with Crippen molar-refractivity contribution >= 4 is 52.5 Å². The molecule has 0 saturated carbocycles. The minimum atomic E-state index is -0.547. The van der Waals surface area contributed by atoms with Crippen molar-refractivity contribution in [2.24, 2.45) is 0 Å². The van der Waals surface area contributed by atoms with E-state index in [1.54, 1.807) is 42.5 Å². The van der Waals surface area contributed by atoms with Gasteiger partial charge in [0.1, 0.15) is 11.3 Å². The number of thiocarbonyl (C=S) groups is 1. The van der Waals surface area contributed by atoms with Crippen LogP contribution in [0.25, 0.3) is 6.08 Å². The second kappa shape index (κ2) is 11.8. The molecule has 0 unspecified atom stereocenters. The van der Waals surface area contributed by atoms with Crippen LogP contribution in [0.15, 0.2) is 54.1 Å². The standard InChI is InChI=1S/C25H27ClN2O3S/c1-2-3-4-5-6-10-15-31-22-14-13-19(26)16-18(22)17-21-23(29)27-25(32)28(24(21)30)20-11-8-7-9-12-20/h7-9,11-14,16-17H,2-6,10,15H2,1H3,(H,27,29,32)/b21-17-. The van der Waals surface area contributed by atoms with Crippen LogP contribution in [0.5, 0.6) is 5.75 Å². The molecule has 0 bridgehead atoms. The zero-order chi connectivity index (χ0) is 22.9. The Kier molecular flexibility index (Phi) is 8.82. The van der Waals surface area contributed by atoms with Crippen molar-refractivity contribution in [3.05, 3.63) is 64.7 Å². The van der Waals surface area contributed by atoms with Crippen molar-refractivity contribution in [1.82, 2.24) is 5.32 Å². The average molecular weight is 471 g/mol. The van der Waals surface area contributed by atoms with Gasteiger partial charge in [0.25, 0.3) is 11.8 Å². The summed E-state index contributed by atoms with van der Waals surface area (Å²) in [6.45, 7) is 2.76. The maximum atomic E-state index is 13.2. The largest absolute Gasteiger partial charge is 0.493 e. The molecular weight excluding hydrogens is 444 g/mol. The Hall–Kier alpha value is -2.70. The van der Waals surface area contributed by atoms with Crippen LogP contribution >= 0.6 is 23.8 Å². The molecule has 1 saturated heterocycles. The third-order valence-corrected chi connectivity index (χ3v) is 5.66. The zero-order valence-corrected chi connectivity index (χ0v) is 19.7. The normalized spacial score (nSPS) is 15.2. The number of benzene rings is 2. The quantitative estimate of drug-likeness (QED) is 0.203. The first kappa shape index (κ1) is 24.0. The third kappa shape index (κ3) is 6.17. The topological polar surface area (TPSA) is 58.6 Å². The van der Waals surface area contributed by atoms with Crippen LogP contribution in [-0.4, -0.2) is 23.5 Å². The van der Waals surface area contributed by atoms with E-state index in [0.717, 1.165) is 12.8 Å². The fraction of sp³-hybridized carbons (Fsp3) is 0.320. The molecule has 1 fully saturated rings. The van der Waals surface area contributed by atoms with Crippen LogP contribution < -0.4 is 15.0 Å². The number of hydrogen-bond acceptors (Lipinski definition) is 4. The van der Waals surface area contributed by atoms with E-state index in [2.05, 4.69) is 12.2 Å². The summed E-state index contributed by atoms with van der Waals surface area (Å²) in [5, 5.41) is 3.13.